The van der Waals surface area contributed by atoms with Gasteiger partial charge in [-0.05, 0) is 17.9 Å². The van der Waals surface area contributed by atoms with Gasteiger partial charge in [-0.15, -0.1) is 0 Å². The average molecular weight is 285 g/mol. The Kier molecular flexibility index (Phi) is 2.75. The van der Waals surface area contributed by atoms with Gasteiger partial charge in [0.2, 0.25) is 0 Å². The predicted octanol–water partition coefficient (Wildman–Crippen LogP) is 1.19. The SMILES string of the molecule is O=[N+]([O-])c1ccc2ncnc(N3CC4CNCC4C3)c2c1. The number of nitro benzene ring substituents is 1. The fourth-order valence-corrected chi connectivity index (χ4v) is 3.42. The molecule has 0 spiro atoms. The molecule has 0 radical (unpaired) electrons. The fraction of sp³-hybridized carbons (Fsp3) is 0.429. The molecule has 2 atom stereocenters. The van der Waals surface area contributed by atoms with Gasteiger partial charge in [-0.2, -0.15) is 0 Å². The van der Waals surface area contributed by atoms with E-state index in [1.165, 1.54) is 12.4 Å². The van der Waals surface area contributed by atoms with Gasteiger partial charge in [-0.1, -0.05) is 0 Å². The molecule has 2 fully saturated rings. The number of non-ortho nitro benzene ring substituents is 1. The molecule has 2 aliphatic rings. The smallest absolute Gasteiger partial charge is 0.270 e. The molecule has 21 heavy (non-hydrogen) atoms. The zero-order chi connectivity index (χ0) is 14.4. The number of aromatic nitrogens is 2. The molecular weight excluding hydrogens is 270 g/mol. The van der Waals surface area contributed by atoms with Crippen molar-refractivity contribution in [2.24, 2.45) is 11.8 Å². The Labute approximate surface area is 121 Å². The first-order chi connectivity index (χ1) is 10.2. The molecule has 0 saturated carbocycles. The lowest BCUT2D eigenvalue weighted by molar-refractivity contribution is -0.384. The third kappa shape index (κ3) is 2.01. The van der Waals surface area contributed by atoms with E-state index in [9.17, 15) is 10.1 Å². The van der Waals surface area contributed by atoms with Crippen LogP contribution < -0.4 is 10.2 Å². The maximum Gasteiger partial charge on any atom is 0.270 e. The number of fused-ring (bicyclic) bond motifs is 2. The molecule has 2 unspecified atom stereocenters. The summed E-state index contributed by atoms with van der Waals surface area (Å²) in [7, 11) is 0. The van der Waals surface area contributed by atoms with E-state index in [4.69, 9.17) is 0 Å². The first kappa shape index (κ1) is 12.5. The van der Waals surface area contributed by atoms with Crippen molar-refractivity contribution >= 4 is 22.4 Å². The van der Waals surface area contributed by atoms with Crippen LogP contribution in [0.25, 0.3) is 10.9 Å². The van der Waals surface area contributed by atoms with Gasteiger partial charge < -0.3 is 10.2 Å². The predicted molar refractivity (Wildman–Crippen MR) is 78.3 cm³/mol. The second-order valence-electron chi connectivity index (χ2n) is 5.74. The number of hydrogen-bond acceptors (Lipinski definition) is 6. The molecule has 0 amide bonds. The van der Waals surface area contributed by atoms with Gasteiger partial charge in [0.15, 0.2) is 0 Å². The van der Waals surface area contributed by atoms with E-state index >= 15 is 0 Å². The molecule has 108 valence electrons. The fourth-order valence-electron chi connectivity index (χ4n) is 3.42. The minimum absolute atomic E-state index is 0.0830. The minimum atomic E-state index is -0.376. The van der Waals surface area contributed by atoms with Crippen LogP contribution in [0.2, 0.25) is 0 Å². The van der Waals surface area contributed by atoms with Crippen LogP contribution in [0.15, 0.2) is 24.5 Å². The number of rotatable bonds is 2. The quantitative estimate of drug-likeness (QED) is 0.659. The maximum absolute atomic E-state index is 11.0. The summed E-state index contributed by atoms with van der Waals surface area (Å²) >= 11 is 0. The normalized spacial score (nSPS) is 24.5. The van der Waals surface area contributed by atoms with E-state index in [0.717, 1.165) is 42.9 Å². The summed E-state index contributed by atoms with van der Waals surface area (Å²) in [4.78, 5) is 21.4. The van der Waals surface area contributed by atoms with Crippen molar-refractivity contribution in [3.05, 3.63) is 34.6 Å². The highest BCUT2D eigenvalue weighted by atomic mass is 16.6. The van der Waals surface area contributed by atoms with Gasteiger partial charge in [0.05, 0.1) is 10.4 Å². The van der Waals surface area contributed by atoms with Crippen molar-refractivity contribution < 1.29 is 4.92 Å². The van der Waals surface area contributed by atoms with Crippen molar-refractivity contribution in [2.75, 3.05) is 31.1 Å². The van der Waals surface area contributed by atoms with Crippen molar-refractivity contribution in [3.8, 4) is 0 Å². The third-order valence-electron chi connectivity index (χ3n) is 4.50. The zero-order valence-corrected chi connectivity index (χ0v) is 11.4. The van der Waals surface area contributed by atoms with Gasteiger partial charge in [0.25, 0.3) is 5.69 Å². The second kappa shape index (κ2) is 4.63. The maximum atomic E-state index is 11.0. The summed E-state index contributed by atoms with van der Waals surface area (Å²) in [5.74, 6) is 2.11. The largest absolute Gasteiger partial charge is 0.355 e. The highest BCUT2D eigenvalue weighted by Gasteiger charge is 2.37. The standard InChI is InChI=1S/C14H15N5O2/c20-19(21)11-1-2-13-12(3-11)14(17-8-16-13)18-6-9-4-15-5-10(9)7-18/h1-3,8-10,15H,4-7H2. The molecule has 1 aromatic heterocycles. The highest BCUT2D eigenvalue weighted by molar-refractivity contribution is 5.91. The molecule has 1 aromatic carbocycles. The van der Waals surface area contributed by atoms with Crippen LogP contribution in [-0.4, -0.2) is 41.1 Å². The van der Waals surface area contributed by atoms with Crippen LogP contribution >= 0.6 is 0 Å². The van der Waals surface area contributed by atoms with Crippen LogP contribution in [0, 0.1) is 22.0 Å². The van der Waals surface area contributed by atoms with E-state index in [2.05, 4.69) is 20.2 Å². The number of nitrogens with zero attached hydrogens (tertiary/aromatic N) is 4. The number of nitrogens with one attached hydrogen (secondary N) is 1. The topological polar surface area (TPSA) is 84.2 Å². The minimum Gasteiger partial charge on any atom is -0.355 e. The van der Waals surface area contributed by atoms with Crippen molar-refractivity contribution in [1.29, 1.82) is 0 Å². The summed E-state index contributed by atoms with van der Waals surface area (Å²) in [5, 5.41) is 15.2. The summed E-state index contributed by atoms with van der Waals surface area (Å²) < 4.78 is 0. The summed E-state index contributed by atoms with van der Waals surface area (Å²) in [6.07, 6.45) is 1.54. The van der Waals surface area contributed by atoms with E-state index in [0.29, 0.717) is 11.8 Å². The molecular formula is C14H15N5O2. The Morgan fingerprint density at radius 1 is 1.24 bits per heavy atom. The molecule has 7 nitrogen and oxygen atoms in total. The van der Waals surface area contributed by atoms with E-state index < -0.39 is 0 Å². The van der Waals surface area contributed by atoms with Crippen molar-refractivity contribution in [3.63, 3.8) is 0 Å². The molecule has 1 N–H and O–H groups in total. The summed E-state index contributed by atoms with van der Waals surface area (Å²) in [6, 6.07) is 4.76. The summed E-state index contributed by atoms with van der Waals surface area (Å²) in [5.41, 5.74) is 0.834. The number of anilines is 1. The Morgan fingerprint density at radius 2 is 2.00 bits per heavy atom. The number of benzene rings is 1. The second-order valence-corrected chi connectivity index (χ2v) is 5.74. The first-order valence-corrected chi connectivity index (χ1v) is 7.07. The van der Waals surface area contributed by atoms with Gasteiger partial charge in [-0.3, -0.25) is 10.1 Å². The lowest BCUT2D eigenvalue weighted by atomic mass is 10.0. The van der Waals surface area contributed by atoms with Gasteiger partial charge in [0, 0.05) is 43.7 Å². The molecule has 0 aliphatic carbocycles. The van der Waals surface area contributed by atoms with E-state index in [1.54, 1.807) is 12.1 Å². The monoisotopic (exact) mass is 285 g/mol. The number of nitro groups is 1. The average Bonchev–Trinajstić information content (AvgIpc) is 3.07. The number of hydrogen-bond donors (Lipinski definition) is 1. The van der Waals surface area contributed by atoms with Crippen LogP contribution in [0.3, 0.4) is 0 Å². The first-order valence-electron chi connectivity index (χ1n) is 7.07. The van der Waals surface area contributed by atoms with Crippen LogP contribution in [0.4, 0.5) is 11.5 Å². The molecule has 0 bridgehead atoms. The Morgan fingerprint density at radius 3 is 2.71 bits per heavy atom. The van der Waals surface area contributed by atoms with Gasteiger partial charge >= 0.3 is 0 Å². The van der Waals surface area contributed by atoms with Gasteiger partial charge in [0.1, 0.15) is 12.1 Å². The van der Waals surface area contributed by atoms with Crippen LogP contribution in [0.1, 0.15) is 0 Å². The van der Waals surface area contributed by atoms with Crippen LogP contribution in [-0.2, 0) is 0 Å². The lowest BCUT2D eigenvalue weighted by Gasteiger charge is -2.19. The molecule has 2 saturated heterocycles. The molecule has 2 aromatic rings. The summed E-state index contributed by atoms with van der Waals surface area (Å²) in [6.45, 7) is 3.99. The third-order valence-corrected chi connectivity index (χ3v) is 4.50. The zero-order valence-electron chi connectivity index (χ0n) is 11.4. The molecule has 2 aliphatic heterocycles. The lowest BCUT2D eigenvalue weighted by Crippen LogP contribution is -2.26. The van der Waals surface area contributed by atoms with E-state index in [-0.39, 0.29) is 10.6 Å². The van der Waals surface area contributed by atoms with E-state index in [1.807, 2.05) is 0 Å². The van der Waals surface area contributed by atoms with Crippen LogP contribution in [0.5, 0.6) is 0 Å². The van der Waals surface area contributed by atoms with Gasteiger partial charge in [-0.25, -0.2) is 9.97 Å². The Hall–Kier alpha value is -2.28. The molecule has 4 rings (SSSR count). The molecule has 7 heteroatoms. The van der Waals surface area contributed by atoms with Crippen molar-refractivity contribution in [1.82, 2.24) is 15.3 Å². The van der Waals surface area contributed by atoms with Crippen molar-refractivity contribution in [2.45, 2.75) is 0 Å². The molecule has 3 heterocycles. The highest BCUT2D eigenvalue weighted by Crippen LogP contribution is 2.33. The Balaban J connectivity index is 1.77. The Bertz CT molecular complexity index is 708.